The lowest BCUT2D eigenvalue weighted by Gasteiger charge is -2.26. The number of esters is 1. The fraction of sp³-hybridized carbons (Fsp3) is 0.161. The summed E-state index contributed by atoms with van der Waals surface area (Å²) in [7, 11) is 0. The van der Waals surface area contributed by atoms with Gasteiger partial charge in [-0.05, 0) is 37.6 Å². The number of para-hydroxylation sites is 1. The number of nitrogens with zero attached hydrogens (tertiary/aromatic N) is 3. The van der Waals surface area contributed by atoms with Crippen LogP contribution >= 0.6 is 22.9 Å². The second-order valence-electron chi connectivity index (χ2n) is 9.25. The highest BCUT2D eigenvalue weighted by Gasteiger charge is 2.37. The molecular formula is C31H24ClN3O4S. The number of aromatic nitrogens is 1. The third kappa shape index (κ3) is 4.11. The molecule has 200 valence electrons. The van der Waals surface area contributed by atoms with Crippen LogP contribution in [0, 0.1) is 0 Å². The Morgan fingerprint density at radius 2 is 1.68 bits per heavy atom. The highest BCUT2D eigenvalue weighted by molar-refractivity contribution is 7.07. The van der Waals surface area contributed by atoms with E-state index in [2.05, 4.69) is 0 Å². The van der Waals surface area contributed by atoms with E-state index in [0.29, 0.717) is 44.3 Å². The maximum atomic E-state index is 14.3. The third-order valence-electron chi connectivity index (χ3n) is 7.00. The molecule has 3 heterocycles. The first-order chi connectivity index (χ1) is 19.4. The van der Waals surface area contributed by atoms with Crippen LogP contribution in [0.3, 0.4) is 0 Å². The smallest absolute Gasteiger partial charge is 0.338 e. The molecule has 1 atom stereocenters. The van der Waals surface area contributed by atoms with Crippen molar-refractivity contribution < 1.29 is 14.3 Å². The van der Waals surface area contributed by atoms with Gasteiger partial charge in [-0.25, -0.2) is 9.79 Å². The van der Waals surface area contributed by atoms with E-state index in [9.17, 15) is 14.4 Å². The zero-order valence-electron chi connectivity index (χ0n) is 21.8. The van der Waals surface area contributed by atoms with E-state index in [-0.39, 0.29) is 22.6 Å². The average molecular weight is 570 g/mol. The lowest BCUT2D eigenvalue weighted by Crippen LogP contribution is -2.41. The van der Waals surface area contributed by atoms with Crippen molar-refractivity contribution in [3.63, 3.8) is 0 Å². The van der Waals surface area contributed by atoms with Crippen molar-refractivity contribution in [2.45, 2.75) is 19.9 Å². The predicted octanol–water partition coefficient (Wildman–Crippen LogP) is 4.33. The van der Waals surface area contributed by atoms with Gasteiger partial charge in [0.05, 0.1) is 35.2 Å². The highest BCUT2D eigenvalue weighted by Crippen LogP contribution is 2.37. The molecular weight excluding hydrogens is 546 g/mol. The molecule has 0 aliphatic carbocycles. The van der Waals surface area contributed by atoms with E-state index in [0.717, 1.165) is 17.0 Å². The lowest BCUT2D eigenvalue weighted by molar-refractivity contribution is -0.138. The Labute approximate surface area is 238 Å². The number of likely N-dealkylation sites (N-methyl/N-ethyl adjacent to an activating group) is 1. The van der Waals surface area contributed by atoms with Gasteiger partial charge in [0.25, 0.3) is 11.5 Å². The molecule has 1 amide bonds. The second-order valence-corrected chi connectivity index (χ2v) is 10.7. The summed E-state index contributed by atoms with van der Waals surface area (Å²) in [6, 6.07) is 23.0. The van der Waals surface area contributed by atoms with Crippen LogP contribution in [0.25, 0.3) is 11.3 Å². The monoisotopic (exact) mass is 569 g/mol. The molecule has 0 unspecified atom stereocenters. The molecule has 0 N–H and O–H groups in total. The van der Waals surface area contributed by atoms with Crippen molar-refractivity contribution in [1.82, 2.24) is 4.57 Å². The molecule has 7 nitrogen and oxygen atoms in total. The van der Waals surface area contributed by atoms with Gasteiger partial charge < -0.3 is 9.64 Å². The van der Waals surface area contributed by atoms with Gasteiger partial charge in [-0.15, -0.1) is 0 Å². The Kier molecular flexibility index (Phi) is 6.73. The normalized spacial score (nSPS) is 17.4. The van der Waals surface area contributed by atoms with E-state index < -0.39 is 17.6 Å². The van der Waals surface area contributed by atoms with E-state index in [4.69, 9.17) is 21.3 Å². The van der Waals surface area contributed by atoms with Crippen LogP contribution in [0.15, 0.2) is 94.2 Å². The predicted molar refractivity (Wildman–Crippen MR) is 156 cm³/mol. The summed E-state index contributed by atoms with van der Waals surface area (Å²) in [6.45, 7) is 4.26. The van der Waals surface area contributed by atoms with Crippen molar-refractivity contribution in [3.8, 4) is 0 Å². The van der Waals surface area contributed by atoms with Crippen molar-refractivity contribution in [2.24, 2.45) is 4.99 Å². The Balaban J connectivity index is 1.72. The maximum Gasteiger partial charge on any atom is 0.338 e. The molecule has 0 radical (unpaired) electrons. The van der Waals surface area contributed by atoms with Gasteiger partial charge in [0.2, 0.25) is 0 Å². The van der Waals surface area contributed by atoms with Crippen molar-refractivity contribution >= 4 is 51.8 Å². The minimum Gasteiger partial charge on any atom is -0.463 e. The first-order valence-electron chi connectivity index (χ1n) is 12.9. The number of hydrogen-bond acceptors (Lipinski definition) is 6. The zero-order valence-corrected chi connectivity index (χ0v) is 23.3. The Morgan fingerprint density at radius 3 is 2.38 bits per heavy atom. The molecule has 3 aromatic carbocycles. The second kappa shape index (κ2) is 10.4. The highest BCUT2D eigenvalue weighted by atomic mass is 35.5. The van der Waals surface area contributed by atoms with Crippen LogP contribution in [0.5, 0.6) is 0 Å². The SMILES string of the molecule is CCOC(=O)C1=C(c2ccccc2)N=c2s/c(=C3/C(=O)N(CC)c4ccccc43)c(=O)n2[C@H]1c1ccc(Cl)cc1. The van der Waals surface area contributed by atoms with E-state index in [1.807, 2.05) is 61.5 Å². The molecule has 1 aromatic heterocycles. The number of ether oxygens (including phenoxy) is 1. The summed E-state index contributed by atoms with van der Waals surface area (Å²) in [5.41, 5.74) is 3.47. The Morgan fingerprint density at radius 1 is 0.975 bits per heavy atom. The Bertz CT molecular complexity index is 1870. The summed E-state index contributed by atoms with van der Waals surface area (Å²) < 4.78 is 7.28. The quantitative estimate of drug-likeness (QED) is 0.335. The van der Waals surface area contributed by atoms with Crippen molar-refractivity contribution in [1.29, 1.82) is 0 Å². The van der Waals surface area contributed by atoms with E-state index in [1.54, 1.807) is 36.1 Å². The molecule has 0 saturated carbocycles. The standard InChI is InChI=1S/C31H24ClN3O4S/c1-3-34-22-13-9-8-12-21(22)23(28(34)36)27-29(37)35-26(19-14-16-20(32)17-15-19)24(30(38)39-4-2)25(33-31(35)40-27)18-10-6-5-7-11-18/h5-17,26H,3-4H2,1-2H3/b27-23+/t26-/m0/s1. The maximum absolute atomic E-state index is 14.3. The first kappa shape index (κ1) is 26.0. The number of fused-ring (bicyclic) bond motifs is 2. The topological polar surface area (TPSA) is 81.0 Å². The van der Waals surface area contributed by atoms with E-state index >= 15 is 0 Å². The summed E-state index contributed by atoms with van der Waals surface area (Å²) in [5.74, 6) is -0.799. The largest absolute Gasteiger partial charge is 0.463 e. The minimum absolute atomic E-state index is 0.157. The number of carbonyl (C=O) groups is 2. The molecule has 0 saturated heterocycles. The number of rotatable bonds is 5. The molecule has 6 rings (SSSR count). The fourth-order valence-electron chi connectivity index (χ4n) is 5.26. The number of carbonyl (C=O) groups excluding carboxylic acids is 2. The molecule has 0 spiro atoms. The van der Waals surface area contributed by atoms with Crippen LogP contribution in [0.2, 0.25) is 5.02 Å². The van der Waals surface area contributed by atoms with Crippen LogP contribution < -0.4 is 19.8 Å². The van der Waals surface area contributed by atoms with Gasteiger partial charge in [-0.3, -0.25) is 14.2 Å². The number of benzene rings is 3. The number of amides is 1. The van der Waals surface area contributed by atoms with Gasteiger partial charge in [-0.1, -0.05) is 83.6 Å². The molecule has 0 fully saturated rings. The van der Waals surface area contributed by atoms with Crippen molar-refractivity contribution in [3.05, 3.63) is 126 Å². The number of halogens is 1. The molecule has 9 heteroatoms. The molecule has 2 aliphatic heterocycles. The summed E-state index contributed by atoms with van der Waals surface area (Å²) in [5, 5.41) is 0.524. The molecule has 40 heavy (non-hydrogen) atoms. The summed E-state index contributed by atoms with van der Waals surface area (Å²) in [6.07, 6.45) is 0. The Hall–Kier alpha value is -4.27. The molecule has 2 aliphatic rings. The number of thiazole rings is 1. The lowest BCUT2D eigenvalue weighted by atomic mass is 9.93. The first-order valence-corrected chi connectivity index (χ1v) is 14.1. The van der Waals surface area contributed by atoms with Gasteiger partial charge in [-0.2, -0.15) is 0 Å². The summed E-state index contributed by atoms with van der Waals surface area (Å²) in [4.78, 5) is 48.4. The average Bonchev–Trinajstić information content (AvgIpc) is 3.45. The number of hydrogen-bond donors (Lipinski definition) is 0. The minimum atomic E-state index is -0.842. The van der Waals surface area contributed by atoms with Crippen LogP contribution in [0.4, 0.5) is 5.69 Å². The zero-order chi connectivity index (χ0) is 28.0. The van der Waals surface area contributed by atoms with Gasteiger partial charge in [0, 0.05) is 22.7 Å². The van der Waals surface area contributed by atoms with Gasteiger partial charge in [0.15, 0.2) is 4.80 Å². The fourth-order valence-corrected chi connectivity index (χ4v) is 6.48. The van der Waals surface area contributed by atoms with Crippen LogP contribution in [-0.4, -0.2) is 29.6 Å². The van der Waals surface area contributed by atoms with Gasteiger partial charge in [0.1, 0.15) is 4.53 Å². The van der Waals surface area contributed by atoms with Gasteiger partial charge >= 0.3 is 5.97 Å². The molecule has 4 aromatic rings. The van der Waals surface area contributed by atoms with E-state index in [1.165, 1.54) is 4.57 Å². The molecule has 0 bridgehead atoms. The number of anilines is 1. The van der Waals surface area contributed by atoms with Crippen LogP contribution in [-0.2, 0) is 14.3 Å². The van der Waals surface area contributed by atoms with Crippen molar-refractivity contribution in [2.75, 3.05) is 18.1 Å². The van der Waals surface area contributed by atoms with Crippen LogP contribution in [0.1, 0.15) is 36.6 Å². The summed E-state index contributed by atoms with van der Waals surface area (Å²) >= 11 is 7.36. The third-order valence-corrected chi connectivity index (χ3v) is 8.31.